The van der Waals surface area contributed by atoms with E-state index >= 15 is 0 Å². The lowest BCUT2D eigenvalue weighted by Crippen LogP contribution is -2.27. The summed E-state index contributed by atoms with van der Waals surface area (Å²) in [6.45, 7) is 5.49. The molecule has 1 N–H and O–H groups in total. The Morgan fingerprint density at radius 2 is 2.33 bits per heavy atom. The first-order valence-corrected chi connectivity index (χ1v) is 6.31. The summed E-state index contributed by atoms with van der Waals surface area (Å²) in [5, 5.41) is 15.6. The number of nitrogens with one attached hydrogen (secondary N) is 1. The van der Waals surface area contributed by atoms with Crippen molar-refractivity contribution >= 4 is 11.8 Å². The number of nitrogens with zero attached hydrogens (tertiary/aromatic N) is 4. The van der Waals surface area contributed by atoms with Crippen molar-refractivity contribution in [2.75, 3.05) is 12.3 Å². The van der Waals surface area contributed by atoms with Crippen LogP contribution in [-0.2, 0) is 7.05 Å². The van der Waals surface area contributed by atoms with E-state index in [1.807, 2.05) is 7.05 Å². The summed E-state index contributed by atoms with van der Waals surface area (Å²) in [6, 6.07) is 0.568. The van der Waals surface area contributed by atoms with Crippen LogP contribution in [0.2, 0.25) is 0 Å². The predicted molar refractivity (Wildman–Crippen MR) is 61.9 cm³/mol. The highest BCUT2D eigenvalue weighted by molar-refractivity contribution is 7.99. The van der Waals surface area contributed by atoms with Crippen LogP contribution in [0.3, 0.4) is 0 Å². The topological polar surface area (TPSA) is 55.6 Å². The van der Waals surface area contributed by atoms with E-state index in [0.29, 0.717) is 6.04 Å². The first-order chi connectivity index (χ1) is 7.24. The standard InChI is InChI=1S/C9H19N5S/c1-4-6-10-8(2)5-7-15-9-11-12-13-14(9)3/h8,10H,4-7H2,1-3H3. The van der Waals surface area contributed by atoms with Gasteiger partial charge in [-0.05, 0) is 36.7 Å². The molecule has 1 rings (SSSR count). The highest BCUT2D eigenvalue weighted by Gasteiger charge is 2.04. The molecular formula is C9H19N5S. The summed E-state index contributed by atoms with van der Waals surface area (Å²) in [7, 11) is 1.86. The number of hydrogen-bond acceptors (Lipinski definition) is 5. The van der Waals surface area contributed by atoms with Gasteiger partial charge in [0.2, 0.25) is 5.16 Å². The molecule has 0 fully saturated rings. The quantitative estimate of drug-likeness (QED) is 0.709. The maximum Gasteiger partial charge on any atom is 0.209 e. The number of tetrazole rings is 1. The molecule has 6 heteroatoms. The molecule has 1 aromatic rings. The van der Waals surface area contributed by atoms with Gasteiger partial charge in [-0.15, -0.1) is 5.10 Å². The number of thioether (sulfide) groups is 1. The van der Waals surface area contributed by atoms with Crippen LogP contribution >= 0.6 is 11.8 Å². The minimum Gasteiger partial charge on any atom is -0.314 e. The zero-order valence-electron chi connectivity index (χ0n) is 9.60. The van der Waals surface area contributed by atoms with E-state index in [4.69, 9.17) is 0 Å². The molecule has 15 heavy (non-hydrogen) atoms. The number of rotatable bonds is 7. The molecule has 0 aliphatic carbocycles. The summed E-state index contributed by atoms with van der Waals surface area (Å²) in [5.74, 6) is 1.05. The van der Waals surface area contributed by atoms with Crippen molar-refractivity contribution in [3.63, 3.8) is 0 Å². The van der Waals surface area contributed by atoms with Crippen LogP contribution in [0, 0.1) is 0 Å². The third kappa shape index (κ3) is 4.61. The predicted octanol–water partition coefficient (Wildman–Crippen LogP) is 1.08. The lowest BCUT2D eigenvalue weighted by atomic mass is 10.2. The molecule has 0 spiro atoms. The summed E-state index contributed by atoms with van der Waals surface area (Å²) in [4.78, 5) is 0. The van der Waals surface area contributed by atoms with E-state index in [9.17, 15) is 0 Å². The average molecular weight is 229 g/mol. The Morgan fingerprint density at radius 1 is 1.53 bits per heavy atom. The molecule has 1 unspecified atom stereocenters. The Kier molecular flexibility index (Phi) is 5.63. The van der Waals surface area contributed by atoms with Crippen molar-refractivity contribution in [3.8, 4) is 0 Å². The van der Waals surface area contributed by atoms with E-state index in [-0.39, 0.29) is 0 Å². The normalized spacial score (nSPS) is 13.0. The largest absolute Gasteiger partial charge is 0.314 e. The van der Waals surface area contributed by atoms with E-state index in [1.165, 1.54) is 6.42 Å². The van der Waals surface area contributed by atoms with Gasteiger partial charge < -0.3 is 5.32 Å². The van der Waals surface area contributed by atoms with Gasteiger partial charge in [0, 0.05) is 18.8 Å². The van der Waals surface area contributed by atoms with Crippen LogP contribution in [0.15, 0.2) is 5.16 Å². The highest BCUT2D eigenvalue weighted by Crippen LogP contribution is 2.14. The molecule has 86 valence electrons. The zero-order chi connectivity index (χ0) is 11.1. The molecule has 0 radical (unpaired) electrons. The summed E-state index contributed by atoms with van der Waals surface area (Å²) < 4.78 is 1.70. The van der Waals surface area contributed by atoms with Crippen molar-refractivity contribution in [1.82, 2.24) is 25.5 Å². The Hall–Kier alpha value is -0.620. The van der Waals surface area contributed by atoms with Crippen molar-refractivity contribution < 1.29 is 0 Å². The van der Waals surface area contributed by atoms with Gasteiger partial charge in [-0.1, -0.05) is 18.7 Å². The third-order valence-electron chi connectivity index (χ3n) is 2.11. The molecule has 5 nitrogen and oxygen atoms in total. The van der Waals surface area contributed by atoms with Crippen LogP contribution in [0.5, 0.6) is 0 Å². The Morgan fingerprint density at radius 3 is 2.93 bits per heavy atom. The summed E-state index contributed by atoms with van der Waals surface area (Å²) in [6.07, 6.45) is 2.32. The summed E-state index contributed by atoms with van der Waals surface area (Å²) >= 11 is 1.70. The van der Waals surface area contributed by atoms with Crippen LogP contribution in [0.1, 0.15) is 26.7 Å². The third-order valence-corrected chi connectivity index (χ3v) is 3.15. The molecular weight excluding hydrogens is 210 g/mol. The zero-order valence-corrected chi connectivity index (χ0v) is 10.4. The molecule has 0 aliphatic heterocycles. The maximum atomic E-state index is 3.92. The summed E-state index contributed by atoms with van der Waals surface area (Å²) in [5.41, 5.74) is 0. The maximum absolute atomic E-state index is 3.92. The minimum atomic E-state index is 0.568. The van der Waals surface area contributed by atoms with Crippen molar-refractivity contribution in [2.45, 2.75) is 37.9 Å². The van der Waals surface area contributed by atoms with Crippen LogP contribution in [0.4, 0.5) is 0 Å². The number of aryl methyl sites for hydroxylation is 1. The molecule has 0 bridgehead atoms. The van der Waals surface area contributed by atoms with Gasteiger partial charge in [-0.3, -0.25) is 0 Å². The smallest absolute Gasteiger partial charge is 0.209 e. The average Bonchev–Trinajstić information content (AvgIpc) is 2.61. The Bertz CT molecular complexity index is 275. The minimum absolute atomic E-state index is 0.568. The van der Waals surface area contributed by atoms with E-state index < -0.39 is 0 Å². The first kappa shape index (κ1) is 12.4. The van der Waals surface area contributed by atoms with E-state index in [0.717, 1.165) is 23.9 Å². The van der Waals surface area contributed by atoms with Gasteiger partial charge in [0.25, 0.3) is 0 Å². The van der Waals surface area contributed by atoms with Gasteiger partial charge in [0.1, 0.15) is 0 Å². The van der Waals surface area contributed by atoms with E-state index in [2.05, 4.69) is 34.7 Å². The van der Waals surface area contributed by atoms with Gasteiger partial charge in [0.15, 0.2) is 0 Å². The molecule has 1 heterocycles. The molecule has 1 atom stereocenters. The highest BCUT2D eigenvalue weighted by atomic mass is 32.2. The molecule has 0 saturated carbocycles. The van der Waals surface area contributed by atoms with Gasteiger partial charge >= 0.3 is 0 Å². The molecule has 0 amide bonds. The monoisotopic (exact) mass is 229 g/mol. The fourth-order valence-electron chi connectivity index (χ4n) is 1.16. The van der Waals surface area contributed by atoms with Gasteiger partial charge in [-0.2, -0.15) is 0 Å². The van der Waals surface area contributed by atoms with Crippen LogP contribution < -0.4 is 5.32 Å². The van der Waals surface area contributed by atoms with Gasteiger partial charge in [0.05, 0.1) is 0 Å². The number of aromatic nitrogens is 4. The molecule has 1 aromatic heterocycles. The second-order valence-electron chi connectivity index (χ2n) is 3.58. The SMILES string of the molecule is CCCNC(C)CCSc1nnnn1C. The lowest BCUT2D eigenvalue weighted by Gasteiger charge is -2.11. The Balaban J connectivity index is 2.13. The molecule has 0 aliphatic rings. The fraction of sp³-hybridized carbons (Fsp3) is 0.889. The second kappa shape index (κ2) is 6.79. The van der Waals surface area contributed by atoms with E-state index in [1.54, 1.807) is 16.4 Å². The van der Waals surface area contributed by atoms with Crippen molar-refractivity contribution in [2.24, 2.45) is 7.05 Å². The first-order valence-electron chi connectivity index (χ1n) is 5.32. The van der Waals surface area contributed by atoms with Gasteiger partial charge in [-0.25, -0.2) is 4.68 Å². The lowest BCUT2D eigenvalue weighted by molar-refractivity contribution is 0.535. The fourth-order valence-corrected chi connectivity index (χ4v) is 2.13. The van der Waals surface area contributed by atoms with Crippen LogP contribution in [-0.4, -0.2) is 38.5 Å². The van der Waals surface area contributed by atoms with Crippen molar-refractivity contribution in [3.05, 3.63) is 0 Å². The van der Waals surface area contributed by atoms with Crippen molar-refractivity contribution in [1.29, 1.82) is 0 Å². The Labute approximate surface area is 95.0 Å². The second-order valence-corrected chi connectivity index (χ2v) is 4.64. The number of hydrogen-bond donors (Lipinski definition) is 1. The molecule has 0 aromatic carbocycles. The molecule has 0 saturated heterocycles. The van der Waals surface area contributed by atoms with Crippen LogP contribution in [0.25, 0.3) is 0 Å².